The fourth-order valence-corrected chi connectivity index (χ4v) is 5.69. The van der Waals surface area contributed by atoms with E-state index in [0.29, 0.717) is 17.2 Å². The minimum absolute atomic E-state index is 0.000574. The van der Waals surface area contributed by atoms with Crippen molar-refractivity contribution in [3.63, 3.8) is 0 Å². The van der Waals surface area contributed by atoms with Gasteiger partial charge in [-0.15, -0.1) is 0 Å². The lowest BCUT2D eigenvalue weighted by Crippen LogP contribution is -2.32. The van der Waals surface area contributed by atoms with Crippen molar-refractivity contribution in [1.29, 1.82) is 0 Å². The van der Waals surface area contributed by atoms with Gasteiger partial charge in [0.05, 0.1) is 5.56 Å². The maximum Gasteiger partial charge on any atom is 0.416 e. The minimum atomic E-state index is -4.72. The van der Waals surface area contributed by atoms with E-state index in [9.17, 15) is 30.0 Å². The Morgan fingerprint density at radius 1 is 0.892 bits per heavy atom. The molecule has 3 aromatic rings. The predicted molar refractivity (Wildman–Crippen MR) is 135 cm³/mol. The summed E-state index contributed by atoms with van der Waals surface area (Å²) in [5.74, 6) is -0.155. The molecule has 0 bridgehead atoms. The molecular formula is C26H26F3NO5S2. The Balaban J connectivity index is 1.84. The first-order valence-electron chi connectivity index (χ1n) is 11.2. The van der Waals surface area contributed by atoms with E-state index in [0.717, 1.165) is 23.6 Å². The largest absolute Gasteiger partial charge is 0.416 e. The quantitative estimate of drug-likeness (QED) is 0.291. The lowest BCUT2D eigenvalue weighted by atomic mass is 10.2. The van der Waals surface area contributed by atoms with E-state index in [1.54, 1.807) is 30.3 Å². The van der Waals surface area contributed by atoms with Gasteiger partial charge in [-0.25, -0.2) is 8.42 Å². The Labute approximate surface area is 215 Å². The molecule has 0 amide bonds. The second kappa shape index (κ2) is 11.5. The zero-order valence-electron chi connectivity index (χ0n) is 20.1. The number of nitrogens with zero attached hydrogens (tertiary/aromatic N) is 1. The summed E-state index contributed by atoms with van der Waals surface area (Å²) in [4.78, 5) is -0.650. The van der Waals surface area contributed by atoms with Gasteiger partial charge in [0, 0.05) is 18.5 Å². The van der Waals surface area contributed by atoms with Crippen LogP contribution in [0, 0.1) is 5.92 Å². The molecule has 0 heterocycles. The second-order valence-corrected chi connectivity index (χ2v) is 12.0. The summed E-state index contributed by atoms with van der Waals surface area (Å²) in [5, 5.41) is 1.11. The lowest BCUT2D eigenvalue weighted by molar-refractivity contribution is -0.137. The van der Waals surface area contributed by atoms with Gasteiger partial charge in [0.2, 0.25) is 10.0 Å². The molecule has 0 fully saturated rings. The summed E-state index contributed by atoms with van der Waals surface area (Å²) in [6.07, 6.45) is -3.23. The Morgan fingerprint density at radius 2 is 1.57 bits per heavy atom. The van der Waals surface area contributed by atoms with E-state index in [2.05, 4.69) is 0 Å². The Kier molecular flexibility index (Phi) is 8.83. The first-order valence-corrected chi connectivity index (χ1v) is 14.1. The molecule has 0 aromatic heterocycles. The predicted octanol–water partition coefficient (Wildman–Crippen LogP) is 5.93. The molecule has 0 saturated carbocycles. The van der Waals surface area contributed by atoms with Crippen LogP contribution >= 0.6 is 0 Å². The van der Waals surface area contributed by atoms with E-state index in [1.165, 1.54) is 28.6 Å². The van der Waals surface area contributed by atoms with Gasteiger partial charge in [0.25, 0.3) is 0 Å². The van der Waals surface area contributed by atoms with E-state index in [-0.39, 0.29) is 24.8 Å². The van der Waals surface area contributed by atoms with Crippen molar-refractivity contribution in [2.75, 3.05) is 6.54 Å². The molecule has 0 radical (unpaired) electrons. The van der Waals surface area contributed by atoms with Crippen molar-refractivity contribution in [2.45, 2.75) is 31.5 Å². The van der Waals surface area contributed by atoms with Gasteiger partial charge in [0.15, 0.2) is 0 Å². The third-order valence-corrected chi connectivity index (χ3v) is 7.80. The molecule has 3 aromatic carbocycles. The Bertz CT molecular complexity index is 1450. The highest BCUT2D eigenvalue weighted by molar-refractivity contribution is 7.92. The highest BCUT2D eigenvalue weighted by atomic mass is 32.2. The number of alkyl halides is 3. The summed E-state index contributed by atoms with van der Waals surface area (Å²) in [5.41, 5.74) is 0.0314. The number of hydrogen-bond donors (Lipinski definition) is 0. The number of benzene rings is 3. The van der Waals surface area contributed by atoms with E-state index in [4.69, 9.17) is 4.18 Å². The van der Waals surface area contributed by atoms with Gasteiger partial charge in [-0.3, -0.25) is 0 Å². The number of rotatable bonds is 10. The maximum absolute atomic E-state index is 13.1. The zero-order chi connectivity index (χ0) is 27.3. The third-order valence-electron chi connectivity index (χ3n) is 5.07. The van der Waals surface area contributed by atoms with Crippen molar-refractivity contribution in [1.82, 2.24) is 4.31 Å². The first-order chi connectivity index (χ1) is 17.3. The molecule has 0 atom stereocenters. The van der Waals surface area contributed by atoms with Crippen molar-refractivity contribution >= 4 is 26.2 Å². The van der Waals surface area contributed by atoms with Crippen LogP contribution in [0.3, 0.4) is 0 Å². The molecule has 0 unspecified atom stereocenters. The van der Waals surface area contributed by atoms with Crippen LogP contribution in [-0.4, -0.2) is 27.7 Å². The molecule has 0 aliphatic rings. The van der Waals surface area contributed by atoms with Crippen LogP contribution < -0.4 is 4.18 Å². The normalized spacial score (nSPS) is 12.9. The minimum Gasteiger partial charge on any atom is -0.379 e. The molecule has 3 rings (SSSR count). The van der Waals surface area contributed by atoms with Crippen molar-refractivity contribution in [2.24, 2.45) is 5.92 Å². The Morgan fingerprint density at radius 3 is 2.22 bits per heavy atom. The molecule has 11 heteroatoms. The molecule has 37 heavy (non-hydrogen) atoms. The van der Waals surface area contributed by atoms with Gasteiger partial charge in [-0.1, -0.05) is 62.4 Å². The molecule has 0 spiro atoms. The molecule has 0 N–H and O–H groups in total. The lowest BCUT2D eigenvalue weighted by Gasteiger charge is -2.22. The first kappa shape index (κ1) is 28.4. The maximum atomic E-state index is 13.1. The highest BCUT2D eigenvalue weighted by Gasteiger charge is 2.32. The van der Waals surface area contributed by atoms with Crippen molar-refractivity contribution in [3.05, 3.63) is 101 Å². The Hall–Kier alpha value is -3.15. The van der Waals surface area contributed by atoms with Crippen LogP contribution in [0.15, 0.2) is 89.2 Å². The monoisotopic (exact) mass is 553 g/mol. The van der Waals surface area contributed by atoms with E-state index in [1.807, 2.05) is 19.9 Å². The smallest absolute Gasteiger partial charge is 0.379 e. The van der Waals surface area contributed by atoms with Crippen LogP contribution in [0.1, 0.15) is 30.5 Å². The molecule has 198 valence electrons. The van der Waals surface area contributed by atoms with Gasteiger partial charge >= 0.3 is 16.3 Å². The summed E-state index contributed by atoms with van der Waals surface area (Å²) < 4.78 is 96.8. The summed E-state index contributed by atoms with van der Waals surface area (Å²) in [6, 6.07) is 17.9. The second-order valence-electron chi connectivity index (χ2n) is 8.66. The van der Waals surface area contributed by atoms with Crippen LogP contribution in [0.4, 0.5) is 13.2 Å². The van der Waals surface area contributed by atoms with Gasteiger partial charge in [-0.2, -0.15) is 25.9 Å². The van der Waals surface area contributed by atoms with Gasteiger partial charge in [-0.05, 0) is 53.5 Å². The van der Waals surface area contributed by atoms with Crippen LogP contribution in [0.5, 0.6) is 5.75 Å². The molecule has 0 saturated heterocycles. The molecule has 0 aliphatic carbocycles. The zero-order valence-corrected chi connectivity index (χ0v) is 21.7. The van der Waals surface area contributed by atoms with E-state index >= 15 is 0 Å². The van der Waals surface area contributed by atoms with Crippen LogP contribution in [-0.2, 0) is 32.9 Å². The van der Waals surface area contributed by atoms with Gasteiger partial charge in [0.1, 0.15) is 10.6 Å². The summed E-state index contributed by atoms with van der Waals surface area (Å²) in [7, 11) is -8.41. The van der Waals surface area contributed by atoms with Crippen LogP contribution in [0.2, 0.25) is 0 Å². The van der Waals surface area contributed by atoms with Crippen molar-refractivity contribution < 1.29 is 34.2 Å². The van der Waals surface area contributed by atoms with E-state index < -0.39 is 36.8 Å². The number of sulfonamides is 1. The third kappa shape index (κ3) is 8.17. The number of hydrogen-bond acceptors (Lipinski definition) is 5. The highest BCUT2D eigenvalue weighted by Crippen LogP contribution is 2.31. The average Bonchev–Trinajstić information content (AvgIpc) is 2.82. The number of halogens is 3. The topological polar surface area (TPSA) is 80.8 Å². The van der Waals surface area contributed by atoms with Gasteiger partial charge < -0.3 is 4.18 Å². The molecular weight excluding hydrogens is 527 g/mol. The average molecular weight is 554 g/mol. The molecule has 6 nitrogen and oxygen atoms in total. The summed E-state index contributed by atoms with van der Waals surface area (Å²) >= 11 is 0. The SMILES string of the molecule is CC(C)CN(Cc1cccc(OS(=O)(=O)c2cccc(C(F)(F)F)c2)c1)S(=O)(=O)/C=C/c1ccccc1. The van der Waals surface area contributed by atoms with Crippen LogP contribution in [0.25, 0.3) is 6.08 Å². The fourth-order valence-electron chi connectivity index (χ4n) is 3.38. The summed E-state index contributed by atoms with van der Waals surface area (Å²) in [6.45, 7) is 3.87. The van der Waals surface area contributed by atoms with Crippen molar-refractivity contribution in [3.8, 4) is 5.75 Å². The fraction of sp³-hybridized carbons (Fsp3) is 0.231. The molecule has 0 aliphatic heterocycles. The standard InChI is InChI=1S/C26H26F3NO5S2/c1-20(2)18-30(36(31,32)15-14-21-8-4-3-5-9-21)19-22-10-6-12-24(16-22)35-37(33,34)25-13-7-11-23(17-25)26(27,28)29/h3-17,20H,18-19H2,1-2H3/b15-14+.